The van der Waals surface area contributed by atoms with Crippen molar-refractivity contribution in [2.45, 2.75) is 20.0 Å². The van der Waals surface area contributed by atoms with Crippen LogP contribution in [-0.4, -0.2) is 29.2 Å². The summed E-state index contributed by atoms with van der Waals surface area (Å²) in [6, 6.07) is 0. The van der Waals surface area contributed by atoms with Crippen LogP contribution in [0.15, 0.2) is 12.4 Å². The first kappa shape index (κ1) is 10.7. The second-order valence-corrected chi connectivity index (χ2v) is 3.12. The molecule has 0 radical (unpaired) electrons. The molecule has 0 atom stereocenters. The molecule has 0 unspecified atom stereocenters. The third-order valence-corrected chi connectivity index (χ3v) is 1.43. The predicted octanol–water partition coefficient (Wildman–Crippen LogP) is 0.634. The van der Waals surface area contributed by atoms with Gasteiger partial charge in [-0.15, -0.1) is 0 Å². The molecular weight excluding hydrogens is 180 g/mol. The van der Waals surface area contributed by atoms with Gasteiger partial charge in [-0.25, -0.2) is 9.97 Å². The maximum atomic E-state index is 5.40. The zero-order chi connectivity index (χ0) is 10.4. The normalized spacial score (nSPS) is 10.3. The highest BCUT2D eigenvalue weighted by Crippen LogP contribution is 2.09. The van der Waals surface area contributed by atoms with Crippen molar-refractivity contribution in [3.8, 4) is 5.75 Å². The molecule has 1 heterocycles. The quantitative estimate of drug-likeness (QED) is 0.722. The summed E-state index contributed by atoms with van der Waals surface area (Å²) in [6.07, 6.45) is 3.43. The van der Waals surface area contributed by atoms with Gasteiger partial charge in [-0.1, -0.05) is 0 Å². The molecule has 0 saturated carbocycles. The lowest BCUT2D eigenvalue weighted by atomic mass is 10.5. The minimum Gasteiger partial charge on any atom is -0.488 e. The van der Waals surface area contributed by atoms with Gasteiger partial charge in [-0.05, 0) is 13.8 Å². The SMILES string of the molecule is CC(C)Oc1cnc(NCCN)nc1. The van der Waals surface area contributed by atoms with Gasteiger partial charge < -0.3 is 15.8 Å². The van der Waals surface area contributed by atoms with E-state index in [1.54, 1.807) is 12.4 Å². The van der Waals surface area contributed by atoms with Crippen molar-refractivity contribution in [2.75, 3.05) is 18.4 Å². The molecule has 5 nitrogen and oxygen atoms in total. The molecule has 0 saturated heterocycles. The average molecular weight is 196 g/mol. The highest BCUT2D eigenvalue weighted by molar-refractivity contribution is 5.26. The van der Waals surface area contributed by atoms with Gasteiger partial charge in [0.05, 0.1) is 18.5 Å². The molecule has 0 fully saturated rings. The van der Waals surface area contributed by atoms with E-state index in [1.807, 2.05) is 13.8 Å². The van der Waals surface area contributed by atoms with Gasteiger partial charge in [0.15, 0.2) is 5.75 Å². The Morgan fingerprint density at radius 1 is 1.43 bits per heavy atom. The van der Waals surface area contributed by atoms with Crippen LogP contribution in [0.25, 0.3) is 0 Å². The first-order valence-electron chi connectivity index (χ1n) is 4.65. The van der Waals surface area contributed by atoms with E-state index in [1.165, 1.54) is 0 Å². The largest absolute Gasteiger partial charge is 0.488 e. The summed E-state index contributed by atoms with van der Waals surface area (Å²) in [4.78, 5) is 8.13. The standard InChI is InChI=1S/C9H16N4O/c1-7(2)14-8-5-12-9(13-6-8)11-4-3-10/h5-7H,3-4,10H2,1-2H3,(H,11,12,13). The van der Waals surface area contributed by atoms with E-state index >= 15 is 0 Å². The lowest BCUT2D eigenvalue weighted by Crippen LogP contribution is -2.15. The van der Waals surface area contributed by atoms with Crippen LogP contribution in [0, 0.1) is 0 Å². The number of nitrogens with two attached hydrogens (primary N) is 1. The number of aromatic nitrogens is 2. The van der Waals surface area contributed by atoms with Crippen molar-refractivity contribution < 1.29 is 4.74 Å². The van der Waals surface area contributed by atoms with Crippen molar-refractivity contribution in [1.82, 2.24) is 9.97 Å². The predicted molar refractivity (Wildman–Crippen MR) is 55.3 cm³/mol. The first-order valence-corrected chi connectivity index (χ1v) is 4.65. The Labute approximate surface area is 83.7 Å². The Balaban J connectivity index is 2.50. The molecule has 0 spiro atoms. The van der Waals surface area contributed by atoms with Crippen molar-refractivity contribution in [3.05, 3.63) is 12.4 Å². The Morgan fingerprint density at radius 3 is 2.57 bits per heavy atom. The molecule has 78 valence electrons. The Morgan fingerprint density at radius 2 is 2.07 bits per heavy atom. The number of anilines is 1. The van der Waals surface area contributed by atoms with Crippen LogP contribution in [0.1, 0.15) is 13.8 Å². The summed E-state index contributed by atoms with van der Waals surface area (Å²) in [5.74, 6) is 1.25. The highest BCUT2D eigenvalue weighted by atomic mass is 16.5. The molecule has 1 aromatic rings. The van der Waals surface area contributed by atoms with Crippen LogP contribution in [0.2, 0.25) is 0 Å². The van der Waals surface area contributed by atoms with E-state index in [2.05, 4.69) is 15.3 Å². The summed E-state index contributed by atoms with van der Waals surface area (Å²) < 4.78 is 5.40. The Kier molecular flexibility index (Phi) is 4.12. The van der Waals surface area contributed by atoms with Gasteiger partial charge in [0.1, 0.15) is 0 Å². The van der Waals surface area contributed by atoms with Gasteiger partial charge in [0.2, 0.25) is 5.95 Å². The van der Waals surface area contributed by atoms with Crippen molar-refractivity contribution in [3.63, 3.8) is 0 Å². The third-order valence-electron chi connectivity index (χ3n) is 1.43. The zero-order valence-electron chi connectivity index (χ0n) is 8.53. The van der Waals surface area contributed by atoms with Crippen LogP contribution in [0.4, 0.5) is 5.95 Å². The molecule has 1 rings (SSSR count). The minimum absolute atomic E-state index is 0.140. The molecule has 1 aromatic heterocycles. The molecule has 0 aromatic carbocycles. The number of nitrogens with one attached hydrogen (secondary N) is 1. The van der Waals surface area contributed by atoms with Crippen LogP contribution in [0.5, 0.6) is 5.75 Å². The summed E-state index contributed by atoms with van der Waals surface area (Å²) in [7, 11) is 0. The molecular formula is C9H16N4O. The maximum absolute atomic E-state index is 5.40. The van der Waals surface area contributed by atoms with Gasteiger partial charge in [-0.2, -0.15) is 0 Å². The van der Waals surface area contributed by atoms with Gasteiger partial charge in [0.25, 0.3) is 0 Å². The van der Waals surface area contributed by atoms with E-state index in [-0.39, 0.29) is 6.10 Å². The van der Waals surface area contributed by atoms with Crippen molar-refractivity contribution in [2.24, 2.45) is 5.73 Å². The van der Waals surface area contributed by atoms with Crippen molar-refractivity contribution >= 4 is 5.95 Å². The van der Waals surface area contributed by atoms with Crippen LogP contribution >= 0.6 is 0 Å². The summed E-state index contributed by atoms with van der Waals surface area (Å²) >= 11 is 0. The molecule has 5 heteroatoms. The number of nitrogens with zero attached hydrogens (tertiary/aromatic N) is 2. The van der Waals surface area contributed by atoms with Crippen LogP contribution < -0.4 is 15.8 Å². The average Bonchev–Trinajstić information content (AvgIpc) is 2.16. The van der Waals surface area contributed by atoms with E-state index in [0.717, 1.165) is 0 Å². The lowest BCUT2D eigenvalue weighted by Gasteiger charge is -2.09. The number of hydrogen-bond donors (Lipinski definition) is 2. The molecule has 0 amide bonds. The molecule has 0 aliphatic carbocycles. The fraction of sp³-hybridized carbons (Fsp3) is 0.556. The van der Waals surface area contributed by atoms with E-state index in [9.17, 15) is 0 Å². The monoisotopic (exact) mass is 196 g/mol. The van der Waals surface area contributed by atoms with Gasteiger partial charge in [-0.3, -0.25) is 0 Å². The smallest absolute Gasteiger partial charge is 0.222 e. The number of rotatable bonds is 5. The van der Waals surface area contributed by atoms with Crippen LogP contribution in [-0.2, 0) is 0 Å². The van der Waals surface area contributed by atoms with E-state index in [0.29, 0.717) is 24.8 Å². The van der Waals surface area contributed by atoms with Crippen LogP contribution in [0.3, 0.4) is 0 Å². The molecule has 0 aliphatic heterocycles. The summed E-state index contributed by atoms with van der Waals surface area (Å²) in [5.41, 5.74) is 5.33. The second-order valence-electron chi connectivity index (χ2n) is 3.12. The fourth-order valence-corrected chi connectivity index (χ4v) is 0.924. The Bertz CT molecular complexity index is 260. The molecule has 0 aliphatic rings. The third kappa shape index (κ3) is 3.57. The minimum atomic E-state index is 0.140. The van der Waals surface area contributed by atoms with Crippen molar-refractivity contribution in [1.29, 1.82) is 0 Å². The van der Waals surface area contributed by atoms with E-state index < -0.39 is 0 Å². The van der Waals surface area contributed by atoms with E-state index in [4.69, 9.17) is 10.5 Å². The fourth-order valence-electron chi connectivity index (χ4n) is 0.924. The number of hydrogen-bond acceptors (Lipinski definition) is 5. The summed E-state index contributed by atoms with van der Waals surface area (Å²) in [5, 5.41) is 2.97. The van der Waals surface area contributed by atoms with Gasteiger partial charge >= 0.3 is 0 Å². The highest BCUT2D eigenvalue weighted by Gasteiger charge is 1.99. The maximum Gasteiger partial charge on any atom is 0.222 e. The number of ether oxygens (including phenoxy) is 1. The lowest BCUT2D eigenvalue weighted by molar-refractivity contribution is 0.240. The Hall–Kier alpha value is -1.36. The summed E-state index contributed by atoms with van der Waals surface area (Å²) in [6.45, 7) is 5.15. The molecule has 0 bridgehead atoms. The topological polar surface area (TPSA) is 73.1 Å². The van der Waals surface area contributed by atoms with Gasteiger partial charge in [0, 0.05) is 13.1 Å². The molecule has 3 N–H and O–H groups in total. The first-order chi connectivity index (χ1) is 6.72. The molecule has 14 heavy (non-hydrogen) atoms. The zero-order valence-corrected chi connectivity index (χ0v) is 8.53. The second kappa shape index (κ2) is 5.39.